The number of amides is 1. The first-order valence-corrected chi connectivity index (χ1v) is 14.8. The molecule has 2 saturated heterocycles. The van der Waals surface area contributed by atoms with E-state index in [0.717, 1.165) is 16.8 Å². The van der Waals surface area contributed by atoms with Crippen LogP contribution in [0.1, 0.15) is 48.9 Å². The van der Waals surface area contributed by atoms with Crippen LogP contribution in [-0.2, 0) is 14.8 Å². The molecule has 0 aliphatic carbocycles. The van der Waals surface area contributed by atoms with E-state index < -0.39 is 16.1 Å². The molecule has 0 aromatic heterocycles. The van der Waals surface area contributed by atoms with Gasteiger partial charge in [0, 0.05) is 55.4 Å². The summed E-state index contributed by atoms with van der Waals surface area (Å²) in [5.74, 6) is -0.0154. The Morgan fingerprint density at radius 1 is 1.03 bits per heavy atom. The van der Waals surface area contributed by atoms with E-state index >= 15 is 0 Å². The number of piperazine rings is 1. The van der Waals surface area contributed by atoms with Gasteiger partial charge < -0.3 is 15.5 Å². The lowest BCUT2D eigenvalue weighted by Gasteiger charge is -2.40. The second kappa shape index (κ2) is 10.7. The number of carbonyl (C=O) groups is 1. The Morgan fingerprint density at radius 3 is 2.25 bits per heavy atom. The van der Waals surface area contributed by atoms with Crippen molar-refractivity contribution in [1.82, 2.24) is 9.21 Å². The van der Waals surface area contributed by atoms with Gasteiger partial charge in [-0.05, 0) is 48.6 Å². The van der Waals surface area contributed by atoms with Gasteiger partial charge in [-0.2, -0.15) is 4.31 Å². The number of rotatable bonds is 6. The van der Waals surface area contributed by atoms with Gasteiger partial charge in [-0.3, -0.25) is 4.79 Å². The zero-order valence-corrected chi connectivity index (χ0v) is 23.1. The van der Waals surface area contributed by atoms with E-state index in [1.807, 2.05) is 17.0 Å². The molecule has 2 aliphatic rings. The summed E-state index contributed by atoms with van der Waals surface area (Å²) in [6.45, 7) is 9.06. The SMILES string of the molecule is Cc1ccc(N2CCN(C(=O)[C@H]3[C@@H](c4ccc(Cl)cc4)CCN3S(C)(=O)=O)CC2)c([C@@H](N)C(C)C)c1. The summed E-state index contributed by atoms with van der Waals surface area (Å²) in [5.41, 5.74) is 10.9. The molecule has 3 atom stereocenters. The lowest BCUT2D eigenvalue weighted by Crippen LogP contribution is -2.55. The van der Waals surface area contributed by atoms with E-state index in [2.05, 4.69) is 43.9 Å². The van der Waals surface area contributed by atoms with Crippen LogP contribution in [0.5, 0.6) is 0 Å². The van der Waals surface area contributed by atoms with Gasteiger partial charge in [-0.15, -0.1) is 0 Å². The summed E-state index contributed by atoms with van der Waals surface area (Å²) < 4.78 is 26.6. The van der Waals surface area contributed by atoms with E-state index in [9.17, 15) is 13.2 Å². The zero-order chi connectivity index (χ0) is 26.2. The fraction of sp³-hybridized carbons (Fsp3) is 0.519. The second-order valence-electron chi connectivity index (χ2n) is 10.4. The highest BCUT2D eigenvalue weighted by molar-refractivity contribution is 7.88. The van der Waals surface area contributed by atoms with Crippen LogP contribution in [0.25, 0.3) is 0 Å². The summed E-state index contributed by atoms with van der Waals surface area (Å²) in [6.07, 6.45) is 1.79. The van der Waals surface area contributed by atoms with Crippen molar-refractivity contribution in [2.45, 2.75) is 45.2 Å². The van der Waals surface area contributed by atoms with Gasteiger partial charge in [-0.25, -0.2) is 8.42 Å². The van der Waals surface area contributed by atoms with E-state index in [4.69, 9.17) is 17.3 Å². The van der Waals surface area contributed by atoms with Crippen molar-refractivity contribution in [3.8, 4) is 0 Å². The van der Waals surface area contributed by atoms with Crippen molar-refractivity contribution >= 4 is 33.2 Å². The number of hydrogen-bond acceptors (Lipinski definition) is 5. The molecular formula is C27H37ClN4O3S. The summed E-state index contributed by atoms with van der Waals surface area (Å²) >= 11 is 6.07. The van der Waals surface area contributed by atoms with Gasteiger partial charge in [0.1, 0.15) is 6.04 Å². The first-order valence-electron chi connectivity index (χ1n) is 12.6. The molecule has 36 heavy (non-hydrogen) atoms. The van der Waals surface area contributed by atoms with Crippen LogP contribution in [0.3, 0.4) is 0 Å². The van der Waals surface area contributed by atoms with Crippen molar-refractivity contribution in [3.05, 3.63) is 64.2 Å². The molecule has 0 radical (unpaired) electrons. The molecule has 7 nitrogen and oxygen atoms in total. The Bertz CT molecular complexity index is 1190. The molecule has 2 fully saturated rings. The third-order valence-corrected chi connectivity index (χ3v) is 9.04. The molecule has 0 spiro atoms. The summed E-state index contributed by atoms with van der Waals surface area (Å²) in [4.78, 5) is 17.9. The zero-order valence-electron chi connectivity index (χ0n) is 21.5. The van der Waals surface area contributed by atoms with Crippen molar-refractivity contribution in [3.63, 3.8) is 0 Å². The smallest absolute Gasteiger partial charge is 0.241 e. The number of carbonyl (C=O) groups excluding carboxylic acids is 1. The quantitative estimate of drug-likeness (QED) is 0.612. The fourth-order valence-electron chi connectivity index (χ4n) is 5.43. The first-order chi connectivity index (χ1) is 17.0. The largest absolute Gasteiger partial charge is 0.368 e. The van der Waals surface area contributed by atoms with Crippen molar-refractivity contribution in [2.75, 3.05) is 43.9 Å². The molecule has 2 heterocycles. The number of hydrogen-bond donors (Lipinski definition) is 1. The number of benzene rings is 2. The molecule has 0 saturated carbocycles. The number of anilines is 1. The van der Waals surface area contributed by atoms with Gasteiger partial charge in [0.05, 0.1) is 6.26 Å². The number of nitrogens with two attached hydrogens (primary N) is 1. The Hall–Kier alpha value is -2.13. The monoisotopic (exact) mass is 532 g/mol. The number of nitrogens with zero attached hydrogens (tertiary/aromatic N) is 3. The second-order valence-corrected chi connectivity index (χ2v) is 12.8. The molecule has 2 N–H and O–H groups in total. The Balaban J connectivity index is 1.54. The van der Waals surface area contributed by atoms with Crippen LogP contribution >= 0.6 is 11.6 Å². The third-order valence-electron chi connectivity index (χ3n) is 7.52. The Labute approximate surface area is 220 Å². The summed E-state index contributed by atoms with van der Waals surface area (Å²) in [5, 5.41) is 0.614. The van der Waals surface area contributed by atoms with Gasteiger partial charge in [0.15, 0.2) is 0 Å². The molecular weight excluding hydrogens is 496 g/mol. The van der Waals surface area contributed by atoms with E-state index in [1.165, 1.54) is 16.1 Å². The van der Waals surface area contributed by atoms with Crippen molar-refractivity contribution in [1.29, 1.82) is 0 Å². The van der Waals surface area contributed by atoms with Crippen LogP contribution in [0, 0.1) is 12.8 Å². The number of halogens is 1. The predicted octanol–water partition coefficient (Wildman–Crippen LogP) is 3.77. The number of sulfonamides is 1. The average Bonchev–Trinajstić information content (AvgIpc) is 3.29. The topological polar surface area (TPSA) is 87.0 Å². The van der Waals surface area contributed by atoms with Gasteiger partial charge in [0.2, 0.25) is 15.9 Å². The molecule has 196 valence electrons. The van der Waals surface area contributed by atoms with Crippen molar-refractivity contribution < 1.29 is 13.2 Å². The first kappa shape index (κ1) is 26.9. The maximum absolute atomic E-state index is 13.8. The third kappa shape index (κ3) is 5.57. The molecule has 9 heteroatoms. The minimum atomic E-state index is -3.53. The standard InChI is InChI=1S/C27H37ClN4O3S/c1-18(2)25(29)23-17-19(3)5-10-24(23)30-13-15-31(16-14-30)27(33)26-22(11-12-32(26)36(4,34)35)20-6-8-21(28)9-7-20/h5-10,17-18,22,25-26H,11-16,29H2,1-4H3/t22-,25+,26-/m1/s1. The van der Waals surface area contributed by atoms with E-state index in [1.54, 1.807) is 12.1 Å². The average molecular weight is 533 g/mol. The molecule has 1 amide bonds. The lowest BCUT2D eigenvalue weighted by atomic mass is 9.91. The van der Waals surface area contributed by atoms with Crippen LogP contribution in [-0.4, -0.2) is 68.6 Å². The molecule has 2 aromatic rings. The minimum absolute atomic E-state index is 0.0681. The van der Waals surface area contributed by atoms with Gasteiger partial charge >= 0.3 is 0 Å². The normalized spacial score (nSPS) is 22.3. The van der Waals surface area contributed by atoms with Crippen molar-refractivity contribution in [2.24, 2.45) is 11.7 Å². The van der Waals surface area contributed by atoms with Crippen LogP contribution < -0.4 is 10.6 Å². The summed E-state index contributed by atoms with van der Waals surface area (Å²) in [6, 6.07) is 13.0. The molecule has 0 bridgehead atoms. The maximum atomic E-state index is 13.8. The van der Waals surface area contributed by atoms with E-state index in [0.29, 0.717) is 50.1 Å². The number of aryl methyl sites for hydroxylation is 1. The molecule has 2 aliphatic heterocycles. The highest BCUT2D eigenvalue weighted by atomic mass is 35.5. The van der Waals surface area contributed by atoms with Crippen LogP contribution in [0.2, 0.25) is 5.02 Å². The van der Waals surface area contributed by atoms with Gasteiger partial charge in [0.25, 0.3) is 0 Å². The predicted molar refractivity (Wildman–Crippen MR) is 146 cm³/mol. The molecule has 4 rings (SSSR count). The van der Waals surface area contributed by atoms with Crippen LogP contribution in [0.4, 0.5) is 5.69 Å². The fourth-order valence-corrected chi connectivity index (χ4v) is 6.65. The maximum Gasteiger partial charge on any atom is 0.241 e. The Kier molecular flexibility index (Phi) is 8.00. The summed E-state index contributed by atoms with van der Waals surface area (Å²) in [7, 11) is -3.53. The van der Waals surface area contributed by atoms with Gasteiger partial charge in [-0.1, -0.05) is 55.3 Å². The van der Waals surface area contributed by atoms with E-state index in [-0.39, 0.29) is 17.9 Å². The van der Waals surface area contributed by atoms with Crippen LogP contribution in [0.15, 0.2) is 42.5 Å². The highest BCUT2D eigenvalue weighted by Gasteiger charge is 2.46. The minimum Gasteiger partial charge on any atom is -0.368 e. The molecule has 2 aromatic carbocycles. The Morgan fingerprint density at radius 2 is 1.67 bits per heavy atom. The highest BCUT2D eigenvalue weighted by Crippen LogP contribution is 2.37. The molecule has 0 unspecified atom stereocenters. The lowest BCUT2D eigenvalue weighted by molar-refractivity contribution is -0.135.